The van der Waals surface area contributed by atoms with Crippen LogP contribution in [0.25, 0.3) is 11.4 Å². The first-order valence-electron chi connectivity index (χ1n) is 12.4. The average Bonchev–Trinajstić information content (AvgIpc) is 3.41. The van der Waals surface area contributed by atoms with Crippen LogP contribution in [0.15, 0.2) is 47.1 Å². The van der Waals surface area contributed by atoms with Crippen LogP contribution < -0.4 is 14.4 Å². The molecule has 2 aromatic heterocycles. The molecule has 1 atom stereocenters. The minimum atomic E-state index is -0.00612. The van der Waals surface area contributed by atoms with Crippen molar-refractivity contribution >= 4 is 11.7 Å². The summed E-state index contributed by atoms with van der Waals surface area (Å²) in [5, 5.41) is 4.15. The quantitative estimate of drug-likeness (QED) is 0.493. The molecule has 2 saturated heterocycles. The SMILES string of the molecule is COc1ccc(-c2noc(CN3CCCC(C(=O)N4CCN(c5ccccn5)CC4)C3)n2)cc1OC. The van der Waals surface area contributed by atoms with Crippen LogP contribution in [0.3, 0.4) is 0 Å². The first kappa shape index (κ1) is 24.1. The number of hydrogen-bond donors (Lipinski definition) is 0. The summed E-state index contributed by atoms with van der Waals surface area (Å²) in [5.74, 6) is 3.51. The number of aromatic nitrogens is 3. The van der Waals surface area contributed by atoms with Crippen LogP contribution in [-0.2, 0) is 11.3 Å². The highest BCUT2D eigenvalue weighted by Gasteiger charge is 2.32. The molecule has 190 valence electrons. The Morgan fingerprint density at radius 3 is 2.64 bits per heavy atom. The van der Waals surface area contributed by atoms with Crippen LogP contribution in [0.5, 0.6) is 11.5 Å². The van der Waals surface area contributed by atoms with Gasteiger partial charge in [-0.3, -0.25) is 9.69 Å². The van der Waals surface area contributed by atoms with Gasteiger partial charge in [0.25, 0.3) is 0 Å². The van der Waals surface area contributed by atoms with Gasteiger partial charge >= 0.3 is 0 Å². The lowest BCUT2D eigenvalue weighted by Gasteiger charge is -2.39. The van der Waals surface area contributed by atoms with Gasteiger partial charge in [-0.25, -0.2) is 4.98 Å². The van der Waals surface area contributed by atoms with Gasteiger partial charge in [-0.15, -0.1) is 0 Å². The molecule has 10 heteroatoms. The van der Waals surface area contributed by atoms with E-state index in [-0.39, 0.29) is 11.8 Å². The normalized spacial score (nSPS) is 18.8. The number of carbonyl (C=O) groups is 1. The summed E-state index contributed by atoms with van der Waals surface area (Å²) < 4.78 is 16.2. The molecule has 0 saturated carbocycles. The van der Waals surface area contributed by atoms with E-state index in [1.807, 2.05) is 47.5 Å². The second-order valence-corrected chi connectivity index (χ2v) is 9.16. The Balaban J connectivity index is 1.16. The molecule has 5 rings (SSSR count). The summed E-state index contributed by atoms with van der Waals surface area (Å²) in [6.45, 7) is 5.20. The Bertz CT molecular complexity index is 1160. The maximum absolute atomic E-state index is 13.3. The summed E-state index contributed by atoms with van der Waals surface area (Å²) in [4.78, 5) is 28.8. The first-order chi connectivity index (χ1) is 17.6. The third kappa shape index (κ3) is 5.28. The maximum Gasteiger partial charge on any atom is 0.241 e. The van der Waals surface area contributed by atoms with E-state index in [4.69, 9.17) is 14.0 Å². The summed E-state index contributed by atoms with van der Waals surface area (Å²) in [5.41, 5.74) is 0.791. The third-order valence-corrected chi connectivity index (χ3v) is 6.89. The number of benzene rings is 1. The van der Waals surface area contributed by atoms with Crippen molar-refractivity contribution in [2.24, 2.45) is 5.92 Å². The van der Waals surface area contributed by atoms with Crippen molar-refractivity contribution in [2.45, 2.75) is 19.4 Å². The van der Waals surface area contributed by atoms with Crippen LogP contribution >= 0.6 is 0 Å². The number of hydrogen-bond acceptors (Lipinski definition) is 9. The monoisotopic (exact) mass is 492 g/mol. The minimum Gasteiger partial charge on any atom is -0.493 e. The molecule has 2 aliphatic rings. The first-order valence-corrected chi connectivity index (χ1v) is 12.4. The number of nitrogens with zero attached hydrogens (tertiary/aromatic N) is 6. The summed E-state index contributed by atoms with van der Waals surface area (Å²) in [7, 11) is 3.19. The van der Waals surface area contributed by atoms with Gasteiger partial charge in [0.15, 0.2) is 11.5 Å². The molecule has 0 spiro atoms. The molecule has 0 bridgehead atoms. The van der Waals surface area contributed by atoms with E-state index in [1.165, 1.54) is 0 Å². The van der Waals surface area contributed by atoms with Crippen molar-refractivity contribution in [3.05, 3.63) is 48.5 Å². The van der Waals surface area contributed by atoms with Gasteiger partial charge in [0, 0.05) is 44.5 Å². The molecule has 2 aliphatic heterocycles. The Labute approximate surface area is 210 Å². The number of ether oxygens (including phenoxy) is 2. The number of piperidine rings is 1. The summed E-state index contributed by atoms with van der Waals surface area (Å²) in [6.07, 6.45) is 3.70. The Morgan fingerprint density at radius 1 is 1.06 bits per heavy atom. The molecule has 1 amide bonds. The number of likely N-dealkylation sites (tertiary alicyclic amines) is 1. The van der Waals surface area contributed by atoms with Crippen molar-refractivity contribution in [1.82, 2.24) is 24.9 Å². The predicted molar refractivity (Wildman–Crippen MR) is 134 cm³/mol. The highest BCUT2D eigenvalue weighted by molar-refractivity contribution is 5.79. The van der Waals surface area contributed by atoms with Crippen molar-refractivity contribution in [3.8, 4) is 22.9 Å². The average molecular weight is 493 g/mol. The zero-order chi connectivity index (χ0) is 24.9. The Morgan fingerprint density at radius 2 is 1.89 bits per heavy atom. The van der Waals surface area contributed by atoms with Gasteiger partial charge in [-0.05, 0) is 49.7 Å². The van der Waals surface area contributed by atoms with E-state index in [1.54, 1.807) is 14.2 Å². The predicted octanol–water partition coefficient (Wildman–Crippen LogP) is 2.71. The fraction of sp³-hybridized carbons (Fsp3) is 0.462. The number of rotatable bonds is 7. The number of amides is 1. The van der Waals surface area contributed by atoms with E-state index >= 15 is 0 Å². The van der Waals surface area contributed by atoms with Gasteiger partial charge in [0.2, 0.25) is 17.6 Å². The maximum atomic E-state index is 13.3. The van der Waals surface area contributed by atoms with Crippen LogP contribution in [-0.4, -0.2) is 84.3 Å². The molecule has 10 nitrogen and oxygen atoms in total. The standard InChI is InChI=1S/C26H32N6O4/c1-34-21-9-8-19(16-22(21)35-2)25-28-24(36-29-25)18-30-11-5-6-20(17-30)26(33)32-14-12-31(13-15-32)23-7-3-4-10-27-23/h3-4,7-10,16,20H,5-6,11-15,17-18H2,1-2H3. The molecule has 1 aromatic carbocycles. The summed E-state index contributed by atoms with van der Waals surface area (Å²) in [6, 6.07) is 11.5. The van der Waals surface area contributed by atoms with Crippen LogP contribution in [0, 0.1) is 5.92 Å². The molecule has 0 radical (unpaired) electrons. The molecule has 0 aliphatic carbocycles. The van der Waals surface area contributed by atoms with E-state index in [0.717, 1.165) is 56.9 Å². The molecular weight excluding hydrogens is 460 g/mol. The largest absolute Gasteiger partial charge is 0.493 e. The molecule has 2 fully saturated rings. The smallest absolute Gasteiger partial charge is 0.241 e. The lowest BCUT2D eigenvalue weighted by atomic mass is 9.96. The van der Waals surface area contributed by atoms with E-state index < -0.39 is 0 Å². The van der Waals surface area contributed by atoms with Gasteiger partial charge in [0.1, 0.15) is 5.82 Å². The van der Waals surface area contributed by atoms with Crippen molar-refractivity contribution in [2.75, 3.05) is 58.4 Å². The van der Waals surface area contributed by atoms with E-state index in [2.05, 4.69) is 24.9 Å². The fourth-order valence-corrected chi connectivity index (χ4v) is 4.96. The van der Waals surface area contributed by atoms with Crippen LogP contribution in [0.1, 0.15) is 18.7 Å². The van der Waals surface area contributed by atoms with Crippen molar-refractivity contribution < 1.29 is 18.8 Å². The molecule has 1 unspecified atom stereocenters. The van der Waals surface area contributed by atoms with Gasteiger partial charge in [-0.2, -0.15) is 4.98 Å². The lowest BCUT2D eigenvalue weighted by Crippen LogP contribution is -2.52. The molecule has 4 heterocycles. The highest BCUT2D eigenvalue weighted by Crippen LogP contribution is 2.31. The molecule has 3 aromatic rings. The molecule has 0 N–H and O–H groups in total. The topological polar surface area (TPSA) is 97.1 Å². The van der Waals surface area contributed by atoms with Crippen molar-refractivity contribution in [1.29, 1.82) is 0 Å². The second-order valence-electron chi connectivity index (χ2n) is 9.16. The number of anilines is 1. The Hall–Kier alpha value is -3.66. The van der Waals surface area contributed by atoms with Crippen LogP contribution in [0.4, 0.5) is 5.82 Å². The number of carbonyl (C=O) groups excluding carboxylic acids is 1. The Kier molecular flexibility index (Phi) is 7.31. The van der Waals surface area contributed by atoms with Gasteiger partial charge in [0.05, 0.1) is 26.7 Å². The third-order valence-electron chi connectivity index (χ3n) is 6.89. The minimum absolute atomic E-state index is 0.00612. The lowest BCUT2D eigenvalue weighted by molar-refractivity contribution is -0.137. The number of pyridine rings is 1. The molecule has 36 heavy (non-hydrogen) atoms. The van der Waals surface area contributed by atoms with E-state index in [0.29, 0.717) is 36.3 Å². The molecular formula is C26H32N6O4. The number of piperazine rings is 1. The van der Waals surface area contributed by atoms with Gasteiger partial charge in [-0.1, -0.05) is 11.2 Å². The van der Waals surface area contributed by atoms with E-state index in [9.17, 15) is 4.79 Å². The van der Waals surface area contributed by atoms with Crippen molar-refractivity contribution in [3.63, 3.8) is 0 Å². The zero-order valence-corrected chi connectivity index (χ0v) is 20.8. The fourth-order valence-electron chi connectivity index (χ4n) is 4.96. The zero-order valence-electron chi connectivity index (χ0n) is 20.8. The number of methoxy groups -OCH3 is 2. The second kappa shape index (κ2) is 10.9. The highest BCUT2D eigenvalue weighted by atomic mass is 16.5. The summed E-state index contributed by atoms with van der Waals surface area (Å²) >= 11 is 0. The van der Waals surface area contributed by atoms with Gasteiger partial charge < -0.3 is 23.8 Å². The van der Waals surface area contributed by atoms with Crippen LogP contribution in [0.2, 0.25) is 0 Å².